The van der Waals surface area contributed by atoms with Crippen molar-refractivity contribution in [1.82, 2.24) is 4.57 Å². The highest BCUT2D eigenvalue weighted by Gasteiger charge is 2.35. The van der Waals surface area contributed by atoms with Crippen molar-refractivity contribution in [3.8, 4) is 5.75 Å². The summed E-state index contributed by atoms with van der Waals surface area (Å²) in [5.41, 5.74) is 2.56. The average molecular weight is 305 g/mol. The second-order valence-corrected chi connectivity index (χ2v) is 5.73. The zero-order valence-electron chi connectivity index (χ0n) is 12.7. The number of fused-ring (bicyclic) bond motifs is 3. The summed E-state index contributed by atoms with van der Waals surface area (Å²) in [4.78, 5) is 24.4. The van der Waals surface area contributed by atoms with E-state index < -0.39 is 0 Å². The molecule has 1 aliphatic heterocycles. The molecule has 0 N–H and O–H groups in total. The molecule has 4 heteroatoms. The van der Waals surface area contributed by atoms with Crippen LogP contribution in [0.4, 0.5) is 0 Å². The highest BCUT2D eigenvalue weighted by atomic mass is 16.5. The molecule has 2 heterocycles. The number of hydrogen-bond acceptors (Lipinski definition) is 3. The molecule has 1 aliphatic rings. The van der Waals surface area contributed by atoms with Gasteiger partial charge in [-0.2, -0.15) is 0 Å². The van der Waals surface area contributed by atoms with Crippen molar-refractivity contribution < 1.29 is 14.3 Å². The number of carbonyl (C=O) groups is 2. The fourth-order valence-corrected chi connectivity index (χ4v) is 3.37. The van der Waals surface area contributed by atoms with Crippen LogP contribution in [-0.2, 0) is 4.79 Å². The number of nitrogens with zero attached hydrogens (tertiary/aromatic N) is 1. The molecule has 0 aliphatic carbocycles. The Morgan fingerprint density at radius 2 is 1.78 bits per heavy atom. The molecule has 4 rings (SSSR count). The van der Waals surface area contributed by atoms with Crippen LogP contribution in [0.1, 0.15) is 35.3 Å². The Morgan fingerprint density at radius 1 is 1.09 bits per heavy atom. The molecule has 0 fully saturated rings. The molecule has 0 amide bonds. The maximum absolute atomic E-state index is 12.3. The predicted molar refractivity (Wildman–Crippen MR) is 86.8 cm³/mol. The minimum Gasteiger partial charge on any atom is -0.424 e. The minimum atomic E-state index is -0.266. The number of benzene rings is 2. The predicted octanol–water partition coefficient (Wildman–Crippen LogP) is 3.74. The lowest BCUT2D eigenvalue weighted by atomic mass is 9.90. The second-order valence-electron chi connectivity index (χ2n) is 5.73. The maximum Gasteiger partial charge on any atom is 0.312 e. The molecule has 114 valence electrons. The van der Waals surface area contributed by atoms with Crippen LogP contribution in [0.3, 0.4) is 0 Å². The van der Waals surface area contributed by atoms with Gasteiger partial charge in [0.15, 0.2) is 5.75 Å². The van der Waals surface area contributed by atoms with Crippen LogP contribution in [0.25, 0.3) is 10.9 Å². The lowest BCUT2D eigenvalue weighted by Gasteiger charge is -2.24. The van der Waals surface area contributed by atoms with E-state index in [1.807, 2.05) is 54.6 Å². The van der Waals surface area contributed by atoms with Crippen molar-refractivity contribution in [2.45, 2.75) is 19.3 Å². The van der Waals surface area contributed by atoms with Gasteiger partial charge in [0.2, 0.25) is 5.91 Å². The molecule has 1 atom stereocenters. The Balaban J connectivity index is 2.06. The van der Waals surface area contributed by atoms with Gasteiger partial charge in [0, 0.05) is 18.2 Å². The molecule has 4 nitrogen and oxygen atoms in total. The van der Waals surface area contributed by atoms with E-state index in [-0.39, 0.29) is 24.2 Å². The molecule has 3 aromatic rings. The third-order valence-corrected chi connectivity index (χ3v) is 4.30. The topological polar surface area (TPSA) is 48.3 Å². The Hall–Kier alpha value is -2.88. The van der Waals surface area contributed by atoms with Gasteiger partial charge < -0.3 is 4.74 Å². The summed E-state index contributed by atoms with van der Waals surface area (Å²) in [7, 11) is 0. The average Bonchev–Trinajstić information content (AvgIpc) is 2.89. The molecule has 2 aromatic carbocycles. The molecule has 0 bridgehead atoms. The zero-order valence-corrected chi connectivity index (χ0v) is 12.7. The molecular weight excluding hydrogens is 290 g/mol. The summed E-state index contributed by atoms with van der Waals surface area (Å²) >= 11 is 0. The second kappa shape index (κ2) is 5.09. The first-order chi connectivity index (χ1) is 11.2. The normalized spacial score (nSPS) is 16.9. The van der Waals surface area contributed by atoms with Crippen molar-refractivity contribution in [1.29, 1.82) is 0 Å². The molecule has 0 spiro atoms. The van der Waals surface area contributed by atoms with Crippen LogP contribution >= 0.6 is 0 Å². The van der Waals surface area contributed by atoms with E-state index in [1.54, 1.807) is 4.57 Å². The third kappa shape index (κ3) is 2.06. The highest BCUT2D eigenvalue weighted by Crippen LogP contribution is 2.44. The van der Waals surface area contributed by atoms with Crippen molar-refractivity contribution in [3.63, 3.8) is 0 Å². The Morgan fingerprint density at radius 3 is 2.52 bits per heavy atom. The number of ether oxygens (including phenoxy) is 1. The van der Waals surface area contributed by atoms with Gasteiger partial charge in [0.05, 0.1) is 17.6 Å². The van der Waals surface area contributed by atoms with Crippen molar-refractivity contribution in [3.05, 3.63) is 65.9 Å². The molecule has 23 heavy (non-hydrogen) atoms. The summed E-state index contributed by atoms with van der Waals surface area (Å²) in [5.74, 6) is -0.0104. The summed E-state index contributed by atoms with van der Waals surface area (Å²) in [6.45, 7) is 1.53. The fraction of sp³-hybridized carbons (Fsp3) is 0.158. The number of para-hydroxylation sites is 1. The summed E-state index contributed by atoms with van der Waals surface area (Å²) < 4.78 is 7.19. The van der Waals surface area contributed by atoms with Crippen LogP contribution in [0.5, 0.6) is 5.75 Å². The first kappa shape index (κ1) is 13.8. The summed E-state index contributed by atoms with van der Waals surface area (Å²) in [5, 5.41) is 0.798. The van der Waals surface area contributed by atoms with Crippen LogP contribution < -0.4 is 4.74 Å². The Bertz CT molecular complexity index is 924. The first-order valence-corrected chi connectivity index (χ1v) is 7.56. The van der Waals surface area contributed by atoms with E-state index in [0.29, 0.717) is 5.75 Å². The number of aromatic nitrogens is 1. The highest BCUT2D eigenvalue weighted by molar-refractivity contribution is 6.00. The molecule has 1 aromatic heterocycles. The summed E-state index contributed by atoms with van der Waals surface area (Å²) in [6.07, 6.45) is 0.237. The van der Waals surface area contributed by atoms with E-state index in [4.69, 9.17) is 4.74 Å². The minimum absolute atomic E-state index is 0.0821. The third-order valence-electron chi connectivity index (χ3n) is 4.30. The Labute approximate surface area is 133 Å². The van der Waals surface area contributed by atoms with Crippen molar-refractivity contribution >= 4 is 22.8 Å². The molecule has 1 unspecified atom stereocenters. The van der Waals surface area contributed by atoms with Gasteiger partial charge in [-0.15, -0.1) is 0 Å². The monoisotopic (exact) mass is 305 g/mol. The van der Waals surface area contributed by atoms with Crippen molar-refractivity contribution in [2.75, 3.05) is 0 Å². The zero-order chi connectivity index (χ0) is 16.0. The van der Waals surface area contributed by atoms with Gasteiger partial charge in [-0.1, -0.05) is 42.5 Å². The van der Waals surface area contributed by atoms with Crippen LogP contribution in [0.2, 0.25) is 0 Å². The quantitative estimate of drug-likeness (QED) is 0.643. The standard InChI is InChI=1S/C19H15NO3/c1-12(21)20-16-10-6-5-9-14(16)19-18(20)15(11-17(22)23-19)13-7-3-2-4-8-13/h2-10,15H,11H2,1H3. The molecule has 0 saturated heterocycles. The smallest absolute Gasteiger partial charge is 0.312 e. The molecular formula is C19H15NO3. The van der Waals surface area contributed by atoms with E-state index >= 15 is 0 Å². The van der Waals surface area contributed by atoms with E-state index in [1.165, 1.54) is 6.92 Å². The fourth-order valence-electron chi connectivity index (χ4n) is 3.37. The van der Waals surface area contributed by atoms with E-state index in [0.717, 1.165) is 22.2 Å². The van der Waals surface area contributed by atoms with Crippen LogP contribution in [0, 0.1) is 0 Å². The molecule has 0 radical (unpaired) electrons. The van der Waals surface area contributed by atoms with E-state index in [9.17, 15) is 9.59 Å². The lowest BCUT2D eigenvalue weighted by molar-refractivity contribution is -0.135. The summed E-state index contributed by atoms with van der Waals surface area (Å²) in [6, 6.07) is 17.3. The van der Waals surface area contributed by atoms with E-state index in [2.05, 4.69) is 0 Å². The van der Waals surface area contributed by atoms with Gasteiger partial charge in [-0.05, 0) is 17.7 Å². The largest absolute Gasteiger partial charge is 0.424 e. The number of rotatable bonds is 1. The first-order valence-electron chi connectivity index (χ1n) is 7.56. The molecule has 0 saturated carbocycles. The number of hydrogen-bond donors (Lipinski definition) is 0. The van der Waals surface area contributed by atoms with Gasteiger partial charge in [-0.3, -0.25) is 14.2 Å². The Kier molecular flexibility index (Phi) is 3.05. The van der Waals surface area contributed by atoms with Crippen LogP contribution in [-0.4, -0.2) is 16.4 Å². The lowest BCUT2D eigenvalue weighted by Crippen LogP contribution is -2.24. The van der Waals surface area contributed by atoms with Gasteiger partial charge >= 0.3 is 5.97 Å². The van der Waals surface area contributed by atoms with Crippen molar-refractivity contribution in [2.24, 2.45) is 0 Å². The number of esters is 1. The number of carbonyl (C=O) groups excluding carboxylic acids is 2. The SMILES string of the molecule is CC(=O)n1c2c(c3ccccc31)OC(=O)CC2c1ccccc1. The van der Waals surface area contributed by atoms with Gasteiger partial charge in [-0.25, -0.2) is 0 Å². The maximum atomic E-state index is 12.3. The van der Waals surface area contributed by atoms with Crippen LogP contribution in [0.15, 0.2) is 54.6 Å². The van der Waals surface area contributed by atoms with Gasteiger partial charge in [0.25, 0.3) is 0 Å². The van der Waals surface area contributed by atoms with Gasteiger partial charge in [0.1, 0.15) is 0 Å².